The minimum Gasteiger partial charge on any atom is -0.462 e. The Morgan fingerprint density at radius 1 is 0.763 bits per heavy atom. The number of hydrogen-bond acceptors (Lipinski definition) is 6. The van der Waals surface area contributed by atoms with Crippen LogP contribution in [-0.4, -0.2) is 28.7 Å². The number of aryl methyl sites for hydroxylation is 1. The summed E-state index contributed by atoms with van der Waals surface area (Å²) in [6.07, 6.45) is 0. The maximum Gasteiger partial charge on any atom is 0.338 e. The number of carbonyl (C=O) groups excluding carboxylic acids is 2. The molecule has 4 aromatic carbocycles. The lowest BCUT2D eigenvalue weighted by atomic mass is 10.0. The van der Waals surface area contributed by atoms with Crippen LogP contribution in [0.1, 0.15) is 33.2 Å². The summed E-state index contributed by atoms with van der Waals surface area (Å²) in [6, 6.07) is 29.9. The highest BCUT2D eigenvalue weighted by Gasteiger charge is 2.13. The second-order valence-electron chi connectivity index (χ2n) is 8.71. The van der Waals surface area contributed by atoms with Crippen molar-refractivity contribution in [1.82, 2.24) is 10.2 Å². The lowest BCUT2D eigenvalue weighted by Crippen LogP contribution is -2.12. The monoisotopic (exact) mass is 502 g/mol. The second kappa shape index (κ2) is 10.9. The van der Waals surface area contributed by atoms with Crippen LogP contribution in [0.25, 0.3) is 22.0 Å². The van der Waals surface area contributed by atoms with Gasteiger partial charge in [0.15, 0.2) is 5.82 Å². The summed E-state index contributed by atoms with van der Waals surface area (Å²) in [5.74, 6) is 0.0762. The minimum atomic E-state index is -0.354. The fourth-order valence-corrected chi connectivity index (χ4v) is 4.14. The van der Waals surface area contributed by atoms with Gasteiger partial charge >= 0.3 is 5.97 Å². The summed E-state index contributed by atoms with van der Waals surface area (Å²) in [6.45, 7) is 4.06. The van der Waals surface area contributed by atoms with E-state index in [1.165, 1.54) is 0 Å². The van der Waals surface area contributed by atoms with E-state index in [-0.39, 0.29) is 11.9 Å². The third-order valence-corrected chi connectivity index (χ3v) is 6.16. The number of esters is 1. The van der Waals surface area contributed by atoms with E-state index in [2.05, 4.69) is 20.8 Å². The maximum atomic E-state index is 12.7. The number of rotatable bonds is 7. The Kier molecular flexibility index (Phi) is 7.08. The average molecular weight is 503 g/mol. The van der Waals surface area contributed by atoms with E-state index >= 15 is 0 Å². The second-order valence-corrected chi connectivity index (χ2v) is 8.71. The molecular weight excluding hydrogens is 476 g/mol. The zero-order valence-corrected chi connectivity index (χ0v) is 21.1. The standard InChI is InChI=1S/C31H26N4O3/c1-3-38-31(37)23-14-12-21(13-15-23)28-25-9-5-6-10-26(25)29(35-34-28)32-24-18-16-22(17-19-24)30(36)33-27-11-7-4-8-20(27)2/h4-19H,3H2,1-2H3,(H,32,35)(H,33,36). The average Bonchev–Trinajstić information content (AvgIpc) is 2.95. The fraction of sp³-hybridized carbons (Fsp3) is 0.0968. The molecule has 0 fully saturated rings. The zero-order valence-electron chi connectivity index (χ0n) is 21.1. The molecular formula is C31H26N4O3. The van der Waals surface area contributed by atoms with Gasteiger partial charge < -0.3 is 15.4 Å². The third kappa shape index (κ3) is 5.22. The number of aromatic nitrogens is 2. The van der Waals surface area contributed by atoms with Crippen molar-refractivity contribution in [2.45, 2.75) is 13.8 Å². The van der Waals surface area contributed by atoms with E-state index in [9.17, 15) is 9.59 Å². The van der Waals surface area contributed by atoms with Gasteiger partial charge in [0, 0.05) is 33.3 Å². The highest BCUT2D eigenvalue weighted by atomic mass is 16.5. The van der Waals surface area contributed by atoms with Crippen LogP contribution in [0, 0.1) is 6.92 Å². The maximum absolute atomic E-state index is 12.7. The molecule has 0 saturated heterocycles. The van der Waals surface area contributed by atoms with Crippen molar-refractivity contribution in [3.63, 3.8) is 0 Å². The summed E-state index contributed by atoms with van der Waals surface area (Å²) >= 11 is 0. The van der Waals surface area contributed by atoms with Crippen molar-refractivity contribution in [2.75, 3.05) is 17.2 Å². The van der Waals surface area contributed by atoms with Gasteiger partial charge in [-0.05, 0) is 61.9 Å². The number of benzene rings is 4. The van der Waals surface area contributed by atoms with Crippen molar-refractivity contribution >= 4 is 39.8 Å². The number of carbonyl (C=O) groups is 2. The molecule has 0 bridgehead atoms. The summed E-state index contributed by atoms with van der Waals surface area (Å²) in [4.78, 5) is 24.7. The van der Waals surface area contributed by atoms with Gasteiger partial charge in [-0.1, -0.05) is 54.6 Å². The van der Waals surface area contributed by atoms with Gasteiger partial charge in [0.25, 0.3) is 5.91 Å². The van der Waals surface area contributed by atoms with E-state index in [0.717, 1.165) is 33.3 Å². The molecule has 7 nitrogen and oxygen atoms in total. The van der Waals surface area contributed by atoms with Gasteiger partial charge in [-0.15, -0.1) is 10.2 Å². The summed E-state index contributed by atoms with van der Waals surface area (Å²) in [7, 11) is 0. The number of fused-ring (bicyclic) bond motifs is 1. The van der Waals surface area contributed by atoms with Crippen LogP contribution in [0.2, 0.25) is 0 Å². The number of nitrogens with zero attached hydrogens (tertiary/aromatic N) is 2. The molecule has 0 spiro atoms. The number of hydrogen-bond donors (Lipinski definition) is 2. The lowest BCUT2D eigenvalue weighted by molar-refractivity contribution is 0.0526. The van der Waals surface area contributed by atoms with Crippen LogP contribution in [0.4, 0.5) is 17.2 Å². The molecule has 188 valence electrons. The number of ether oxygens (including phenoxy) is 1. The predicted molar refractivity (Wildman–Crippen MR) is 150 cm³/mol. The molecule has 0 atom stereocenters. The van der Waals surface area contributed by atoms with Crippen molar-refractivity contribution in [3.05, 3.63) is 114 Å². The normalized spacial score (nSPS) is 10.7. The van der Waals surface area contributed by atoms with Crippen LogP contribution >= 0.6 is 0 Å². The molecule has 0 aliphatic carbocycles. The van der Waals surface area contributed by atoms with Gasteiger partial charge in [0.05, 0.1) is 12.2 Å². The summed E-state index contributed by atoms with van der Waals surface area (Å²) in [5.41, 5.74) is 5.17. The van der Waals surface area contributed by atoms with Gasteiger partial charge in [-0.2, -0.15) is 0 Å². The Balaban J connectivity index is 1.37. The van der Waals surface area contributed by atoms with Crippen molar-refractivity contribution in [2.24, 2.45) is 0 Å². The molecule has 2 N–H and O–H groups in total. The smallest absolute Gasteiger partial charge is 0.338 e. The van der Waals surface area contributed by atoms with E-state index in [0.29, 0.717) is 29.2 Å². The molecule has 0 aliphatic rings. The molecule has 1 heterocycles. The molecule has 7 heteroatoms. The van der Waals surface area contributed by atoms with E-state index in [1.807, 2.05) is 79.7 Å². The Morgan fingerprint density at radius 3 is 2.13 bits per heavy atom. The van der Waals surface area contributed by atoms with Gasteiger partial charge in [0.1, 0.15) is 5.69 Å². The minimum absolute atomic E-state index is 0.172. The Hall–Kier alpha value is -5.04. The first kappa shape index (κ1) is 24.6. The van der Waals surface area contributed by atoms with E-state index in [4.69, 9.17) is 4.74 Å². The highest BCUT2D eigenvalue weighted by molar-refractivity contribution is 6.05. The Bertz CT molecular complexity index is 1610. The van der Waals surface area contributed by atoms with Crippen LogP contribution in [0.15, 0.2) is 97.1 Å². The largest absolute Gasteiger partial charge is 0.462 e. The highest BCUT2D eigenvalue weighted by Crippen LogP contribution is 2.31. The number of amides is 1. The quantitative estimate of drug-likeness (QED) is 0.238. The number of anilines is 3. The van der Waals surface area contributed by atoms with Crippen LogP contribution in [0.3, 0.4) is 0 Å². The van der Waals surface area contributed by atoms with E-state index in [1.54, 1.807) is 31.2 Å². The van der Waals surface area contributed by atoms with Crippen molar-refractivity contribution < 1.29 is 14.3 Å². The number of para-hydroxylation sites is 1. The lowest BCUT2D eigenvalue weighted by Gasteiger charge is -2.12. The molecule has 0 aliphatic heterocycles. The van der Waals surface area contributed by atoms with Crippen LogP contribution in [-0.2, 0) is 4.74 Å². The Labute approximate surface area is 220 Å². The van der Waals surface area contributed by atoms with Gasteiger partial charge in [-0.25, -0.2) is 4.79 Å². The Morgan fingerprint density at radius 2 is 1.42 bits per heavy atom. The third-order valence-electron chi connectivity index (χ3n) is 6.16. The summed E-state index contributed by atoms with van der Waals surface area (Å²) < 4.78 is 5.07. The molecule has 5 aromatic rings. The zero-order chi connectivity index (χ0) is 26.5. The molecule has 38 heavy (non-hydrogen) atoms. The fourth-order valence-electron chi connectivity index (χ4n) is 4.14. The molecule has 1 amide bonds. The van der Waals surface area contributed by atoms with Crippen LogP contribution in [0.5, 0.6) is 0 Å². The van der Waals surface area contributed by atoms with Crippen molar-refractivity contribution in [3.8, 4) is 11.3 Å². The molecule has 5 rings (SSSR count). The summed E-state index contributed by atoms with van der Waals surface area (Å²) in [5, 5.41) is 17.0. The molecule has 0 unspecified atom stereocenters. The SMILES string of the molecule is CCOC(=O)c1ccc(-c2nnc(Nc3ccc(C(=O)Nc4ccccc4C)cc3)c3ccccc23)cc1. The first-order valence-corrected chi connectivity index (χ1v) is 12.3. The topological polar surface area (TPSA) is 93.2 Å². The molecule has 1 aromatic heterocycles. The number of nitrogens with one attached hydrogen (secondary N) is 2. The molecule has 0 radical (unpaired) electrons. The predicted octanol–water partition coefficient (Wildman–Crippen LogP) is 6.78. The van der Waals surface area contributed by atoms with Crippen molar-refractivity contribution in [1.29, 1.82) is 0 Å². The van der Waals surface area contributed by atoms with Gasteiger partial charge in [-0.3, -0.25) is 4.79 Å². The van der Waals surface area contributed by atoms with Crippen LogP contribution < -0.4 is 10.6 Å². The molecule has 0 saturated carbocycles. The first-order valence-electron chi connectivity index (χ1n) is 12.3. The van der Waals surface area contributed by atoms with Gasteiger partial charge in [0.2, 0.25) is 0 Å². The van der Waals surface area contributed by atoms with E-state index < -0.39 is 0 Å². The first-order chi connectivity index (χ1) is 18.5.